The summed E-state index contributed by atoms with van der Waals surface area (Å²) >= 11 is 0. The molecular weight excluding hydrogens is 534 g/mol. The molecule has 3 atom stereocenters. The first-order chi connectivity index (χ1) is 19.2. The van der Waals surface area contributed by atoms with E-state index in [4.69, 9.17) is 0 Å². The summed E-state index contributed by atoms with van der Waals surface area (Å²) in [6.45, 7) is 0.236. The number of imidazole rings is 1. The summed E-state index contributed by atoms with van der Waals surface area (Å²) in [5.74, 6) is -0.570. The molecule has 1 saturated carbocycles. The molecule has 0 aliphatic heterocycles. The Morgan fingerprint density at radius 1 is 1.07 bits per heavy atom. The predicted molar refractivity (Wildman–Crippen MR) is 146 cm³/mol. The topological polar surface area (TPSA) is 84.3 Å². The third-order valence-electron chi connectivity index (χ3n) is 7.81. The van der Waals surface area contributed by atoms with Crippen molar-refractivity contribution in [1.29, 1.82) is 0 Å². The molecule has 0 bridgehead atoms. The average molecular weight is 563 g/mol. The second-order valence-electron chi connectivity index (χ2n) is 10.4. The van der Waals surface area contributed by atoms with Gasteiger partial charge in [0.2, 0.25) is 15.9 Å². The SMILES string of the molecule is Cn1ccnc1CN(C(=O)[C@@H]1C[C@@H]1c1cccc(F)c1)c1ccc2c(c1)[C@@H](NS(=O)(=O)c1ccc(F)cc1)CC2. The Labute approximate surface area is 231 Å². The Bertz CT molecular complexity index is 1690. The van der Waals surface area contributed by atoms with Gasteiger partial charge in [-0.1, -0.05) is 18.2 Å². The number of halogens is 2. The fourth-order valence-corrected chi connectivity index (χ4v) is 6.76. The number of nitrogens with one attached hydrogen (secondary N) is 1. The third kappa shape index (κ3) is 5.16. The largest absolute Gasteiger partial charge is 0.337 e. The lowest BCUT2D eigenvalue weighted by Crippen LogP contribution is -2.33. The first-order valence-corrected chi connectivity index (χ1v) is 14.6. The molecule has 0 saturated heterocycles. The number of sulfonamides is 1. The van der Waals surface area contributed by atoms with Gasteiger partial charge in [-0.2, -0.15) is 0 Å². The van der Waals surface area contributed by atoms with Gasteiger partial charge in [0.15, 0.2) is 0 Å². The molecule has 40 heavy (non-hydrogen) atoms. The van der Waals surface area contributed by atoms with Gasteiger partial charge in [-0.25, -0.2) is 26.9 Å². The van der Waals surface area contributed by atoms with Gasteiger partial charge in [0.1, 0.15) is 17.5 Å². The van der Waals surface area contributed by atoms with Crippen LogP contribution in [0.5, 0.6) is 0 Å². The van der Waals surface area contributed by atoms with Crippen molar-refractivity contribution >= 4 is 21.6 Å². The molecule has 10 heteroatoms. The van der Waals surface area contributed by atoms with E-state index in [0.29, 0.717) is 30.8 Å². The molecule has 6 rings (SSSR count). The normalized spacial score (nSPS) is 19.8. The van der Waals surface area contributed by atoms with Crippen LogP contribution in [-0.2, 0) is 34.8 Å². The van der Waals surface area contributed by atoms with E-state index in [1.165, 1.54) is 24.3 Å². The van der Waals surface area contributed by atoms with Gasteiger partial charge in [-0.15, -0.1) is 0 Å². The zero-order chi connectivity index (χ0) is 28.0. The maximum absolute atomic E-state index is 13.9. The molecule has 1 fully saturated rings. The van der Waals surface area contributed by atoms with Crippen LogP contribution in [0.2, 0.25) is 0 Å². The molecule has 1 amide bonds. The number of amides is 1. The molecule has 0 radical (unpaired) electrons. The molecule has 4 aromatic rings. The Balaban J connectivity index is 1.29. The highest BCUT2D eigenvalue weighted by molar-refractivity contribution is 7.89. The van der Waals surface area contributed by atoms with Crippen LogP contribution in [0.1, 0.15) is 47.3 Å². The van der Waals surface area contributed by atoms with Gasteiger partial charge < -0.3 is 9.47 Å². The van der Waals surface area contributed by atoms with Gasteiger partial charge in [0, 0.05) is 37.1 Å². The van der Waals surface area contributed by atoms with Crippen LogP contribution < -0.4 is 9.62 Å². The zero-order valence-electron chi connectivity index (χ0n) is 21.8. The van der Waals surface area contributed by atoms with Gasteiger partial charge >= 0.3 is 0 Å². The first kappa shape index (κ1) is 26.3. The Hall–Kier alpha value is -3.89. The van der Waals surface area contributed by atoms with Gasteiger partial charge in [0.05, 0.1) is 11.4 Å². The number of fused-ring (bicyclic) bond motifs is 1. The number of nitrogens with zero attached hydrogens (tertiary/aromatic N) is 3. The number of benzene rings is 3. The summed E-state index contributed by atoms with van der Waals surface area (Å²) in [6, 6.07) is 16.3. The van der Waals surface area contributed by atoms with E-state index in [-0.39, 0.29) is 35.0 Å². The third-order valence-corrected chi connectivity index (χ3v) is 9.30. The second kappa shape index (κ2) is 10.3. The van der Waals surface area contributed by atoms with E-state index >= 15 is 0 Å². The molecule has 1 N–H and O–H groups in total. The number of aromatic nitrogens is 2. The lowest BCUT2D eigenvalue weighted by molar-refractivity contribution is -0.120. The number of carbonyl (C=O) groups is 1. The minimum absolute atomic E-state index is 0.0118. The van der Waals surface area contributed by atoms with Crippen molar-refractivity contribution in [2.75, 3.05) is 4.90 Å². The van der Waals surface area contributed by atoms with Crippen LogP contribution in [0.15, 0.2) is 84.0 Å². The quantitative estimate of drug-likeness (QED) is 0.328. The smallest absolute Gasteiger partial charge is 0.241 e. The molecule has 2 aliphatic carbocycles. The first-order valence-electron chi connectivity index (χ1n) is 13.1. The van der Waals surface area contributed by atoms with Crippen molar-refractivity contribution in [3.05, 3.63) is 113 Å². The van der Waals surface area contributed by atoms with Crippen molar-refractivity contribution in [2.24, 2.45) is 13.0 Å². The van der Waals surface area contributed by atoms with Crippen molar-refractivity contribution in [1.82, 2.24) is 14.3 Å². The van der Waals surface area contributed by atoms with E-state index in [0.717, 1.165) is 28.8 Å². The van der Waals surface area contributed by atoms with Crippen LogP contribution in [0, 0.1) is 17.6 Å². The number of hydrogen-bond acceptors (Lipinski definition) is 4. The van der Waals surface area contributed by atoms with Crippen LogP contribution in [0.25, 0.3) is 0 Å². The van der Waals surface area contributed by atoms with E-state index in [9.17, 15) is 22.0 Å². The van der Waals surface area contributed by atoms with Gasteiger partial charge in [-0.05, 0) is 90.4 Å². The number of carbonyl (C=O) groups excluding carboxylic acids is 1. The lowest BCUT2D eigenvalue weighted by atomic mass is 10.1. The number of anilines is 1. The highest BCUT2D eigenvalue weighted by Crippen LogP contribution is 2.49. The van der Waals surface area contributed by atoms with Crippen LogP contribution >= 0.6 is 0 Å². The summed E-state index contributed by atoms with van der Waals surface area (Å²) < 4.78 is 57.9. The van der Waals surface area contributed by atoms with E-state index < -0.39 is 21.9 Å². The summed E-state index contributed by atoms with van der Waals surface area (Å²) in [5.41, 5.74) is 3.26. The molecule has 0 spiro atoms. The Morgan fingerprint density at radius 3 is 2.60 bits per heavy atom. The molecule has 206 valence electrons. The van der Waals surface area contributed by atoms with Gasteiger partial charge in [-0.3, -0.25) is 4.79 Å². The van der Waals surface area contributed by atoms with Crippen molar-refractivity contribution in [3.63, 3.8) is 0 Å². The minimum Gasteiger partial charge on any atom is -0.337 e. The molecule has 1 heterocycles. The maximum Gasteiger partial charge on any atom is 0.241 e. The van der Waals surface area contributed by atoms with E-state index in [2.05, 4.69) is 9.71 Å². The zero-order valence-corrected chi connectivity index (χ0v) is 22.6. The van der Waals surface area contributed by atoms with Crippen molar-refractivity contribution in [2.45, 2.75) is 42.7 Å². The molecular formula is C30H28F2N4O3S. The number of aryl methyl sites for hydroxylation is 2. The lowest BCUT2D eigenvalue weighted by Gasteiger charge is -2.25. The van der Waals surface area contributed by atoms with Crippen molar-refractivity contribution < 1.29 is 22.0 Å². The molecule has 7 nitrogen and oxygen atoms in total. The Morgan fingerprint density at radius 2 is 1.88 bits per heavy atom. The average Bonchev–Trinajstić information content (AvgIpc) is 3.50. The standard InChI is InChI=1S/C30H28F2N4O3S/c1-35-14-13-33-29(35)18-36(30(37)27-17-25(27)20-3-2-4-22(32)15-20)23-9-5-19-6-12-28(26(19)16-23)34-40(38,39)24-10-7-21(31)8-11-24/h2-5,7-11,13-16,25,27-28,34H,6,12,17-18H2,1H3/t25-,27-,28+/m1/s1. The fourth-order valence-electron chi connectivity index (χ4n) is 5.51. The molecule has 0 unspecified atom stereocenters. The number of hydrogen-bond donors (Lipinski definition) is 1. The number of rotatable bonds is 8. The van der Waals surface area contributed by atoms with E-state index in [1.807, 2.05) is 42.1 Å². The van der Waals surface area contributed by atoms with E-state index in [1.54, 1.807) is 17.2 Å². The molecule has 3 aromatic carbocycles. The van der Waals surface area contributed by atoms with Crippen LogP contribution in [-0.4, -0.2) is 23.9 Å². The fraction of sp³-hybridized carbons (Fsp3) is 0.267. The summed E-state index contributed by atoms with van der Waals surface area (Å²) in [4.78, 5) is 20.0. The molecule has 1 aromatic heterocycles. The highest BCUT2D eigenvalue weighted by Gasteiger charge is 2.46. The summed E-state index contributed by atoms with van der Waals surface area (Å²) in [5, 5.41) is 0. The Kier molecular flexibility index (Phi) is 6.75. The predicted octanol–water partition coefficient (Wildman–Crippen LogP) is 5.00. The van der Waals surface area contributed by atoms with Crippen LogP contribution in [0.4, 0.5) is 14.5 Å². The summed E-state index contributed by atoms with van der Waals surface area (Å²) in [7, 11) is -2.02. The minimum atomic E-state index is -3.89. The summed E-state index contributed by atoms with van der Waals surface area (Å²) in [6.07, 6.45) is 5.37. The van der Waals surface area contributed by atoms with Crippen LogP contribution in [0.3, 0.4) is 0 Å². The molecule has 2 aliphatic rings. The highest BCUT2D eigenvalue weighted by atomic mass is 32.2. The maximum atomic E-state index is 13.9. The monoisotopic (exact) mass is 562 g/mol. The van der Waals surface area contributed by atoms with Crippen molar-refractivity contribution in [3.8, 4) is 0 Å². The second-order valence-corrected chi connectivity index (χ2v) is 12.1. The van der Waals surface area contributed by atoms with Gasteiger partial charge in [0.25, 0.3) is 0 Å².